The average Bonchev–Trinajstić information content (AvgIpc) is 2.47. The monoisotopic (exact) mass is 257 g/mol. The summed E-state index contributed by atoms with van der Waals surface area (Å²) in [6.45, 7) is -1.29. The highest BCUT2D eigenvalue weighted by molar-refractivity contribution is 5.90. The maximum Gasteiger partial charge on any atom is 0.487 e. The zero-order chi connectivity index (χ0) is 12.8. The summed E-state index contributed by atoms with van der Waals surface area (Å²) in [5, 5.41) is 2.32. The number of nitrogens with one attached hydrogen (secondary N) is 1. The molecule has 1 rings (SSSR count). The van der Waals surface area contributed by atoms with Gasteiger partial charge in [-0.15, -0.1) is 13.2 Å². The maximum atomic E-state index is 12.6. The molecule has 1 aliphatic rings. The van der Waals surface area contributed by atoms with Crippen molar-refractivity contribution in [1.29, 1.82) is 0 Å². The van der Waals surface area contributed by atoms with Crippen LogP contribution in [0.3, 0.4) is 0 Å². The van der Waals surface area contributed by atoms with Gasteiger partial charge in [0, 0.05) is 0 Å². The lowest BCUT2D eigenvalue weighted by Gasteiger charge is -2.27. The van der Waals surface area contributed by atoms with Crippen LogP contribution in [0, 0.1) is 0 Å². The predicted molar refractivity (Wildman–Crippen MR) is 34.3 cm³/mol. The first-order chi connectivity index (χ1) is 6.98. The largest absolute Gasteiger partial charge is 0.487 e. The Hall–Kier alpha value is -1.29. The molecule has 0 saturated carbocycles. The van der Waals surface area contributed by atoms with Crippen molar-refractivity contribution in [3.05, 3.63) is 0 Å². The van der Waals surface area contributed by atoms with Crippen molar-refractivity contribution in [2.45, 2.75) is 18.4 Å². The summed E-state index contributed by atoms with van der Waals surface area (Å²) in [6.07, 6.45) is -11.5. The highest BCUT2D eigenvalue weighted by Crippen LogP contribution is 2.40. The maximum absolute atomic E-state index is 12.6. The highest BCUT2D eigenvalue weighted by Gasteiger charge is 2.66. The van der Waals surface area contributed by atoms with Gasteiger partial charge in [0.15, 0.2) is 0 Å². The molecule has 0 saturated heterocycles. The number of nitrogens with zero attached hydrogens (tertiary/aromatic N) is 2. The fourth-order valence-corrected chi connectivity index (χ4v) is 0.892. The smallest absolute Gasteiger partial charge is 0.288 e. The van der Waals surface area contributed by atoms with E-state index in [0.29, 0.717) is 0 Å². The molecular formula is C5H3F8N3. The van der Waals surface area contributed by atoms with Crippen molar-refractivity contribution >= 4 is 5.84 Å². The Morgan fingerprint density at radius 2 is 1.50 bits per heavy atom. The minimum atomic E-state index is -6.14. The number of hydrogen-bond acceptors (Lipinski definition) is 3. The normalized spacial score (nSPS) is 18.5. The molecule has 0 aromatic carbocycles. The van der Waals surface area contributed by atoms with Crippen LogP contribution >= 0.6 is 0 Å². The van der Waals surface area contributed by atoms with E-state index in [1.54, 1.807) is 0 Å². The van der Waals surface area contributed by atoms with E-state index < -0.39 is 35.8 Å². The molecule has 0 bridgehead atoms. The van der Waals surface area contributed by atoms with Crippen molar-refractivity contribution in [2.75, 3.05) is 6.67 Å². The lowest BCUT2D eigenvalue weighted by Crippen LogP contribution is -2.54. The van der Waals surface area contributed by atoms with Crippen LogP contribution in [0.25, 0.3) is 0 Å². The van der Waals surface area contributed by atoms with Gasteiger partial charge in [0.05, 0.1) is 0 Å². The molecule has 0 amide bonds. The van der Waals surface area contributed by atoms with Crippen LogP contribution in [0.4, 0.5) is 35.1 Å². The molecule has 0 radical (unpaired) electrons. The van der Waals surface area contributed by atoms with Crippen LogP contribution in [0.5, 0.6) is 0 Å². The Morgan fingerprint density at radius 3 is 1.88 bits per heavy atom. The molecule has 0 unspecified atom stereocenters. The van der Waals surface area contributed by atoms with E-state index in [9.17, 15) is 35.1 Å². The van der Waals surface area contributed by atoms with Gasteiger partial charge in [-0.05, 0) is 0 Å². The molecule has 16 heavy (non-hydrogen) atoms. The average molecular weight is 257 g/mol. The SMILES string of the molecule is FC(F)(F)N1CNN=C1C(F)(F)C(F)(F)F. The molecule has 1 aliphatic heterocycles. The minimum Gasteiger partial charge on any atom is -0.288 e. The van der Waals surface area contributed by atoms with Crippen LogP contribution in [0.1, 0.15) is 0 Å². The fourth-order valence-electron chi connectivity index (χ4n) is 0.892. The van der Waals surface area contributed by atoms with Crippen LogP contribution in [0.2, 0.25) is 0 Å². The molecule has 0 aliphatic carbocycles. The lowest BCUT2D eigenvalue weighted by atomic mass is 10.3. The van der Waals surface area contributed by atoms with Crippen molar-refractivity contribution in [3.8, 4) is 0 Å². The molecule has 1 N–H and O–H groups in total. The van der Waals surface area contributed by atoms with E-state index in [4.69, 9.17) is 0 Å². The van der Waals surface area contributed by atoms with Gasteiger partial charge in [-0.25, -0.2) is 4.90 Å². The first kappa shape index (κ1) is 12.8. The third-order valence-electron chi connectivity index (χ3n) is 1.61. The fraction of sp³-hybridized carbons (Fsp3) is 0.800. The van der Waals surface area contributed by atoms with Gasteiger partial charge in [-0.3, -0.25) is 5.43 Å². The van der Waals surface area contributed by atoms with Gasteiger partial charge in [0.1, 0.15) is 6.67 Å². The Labute approximate surface area is 82.7 Å². The Bertz CT molecular complexity index is 302. The molecule has 11 heteroatoms. The summed E-state index contributed by atoms with van der Waals surface area (Å²) in [7, 11) is 0. The Balaban J connectivity index is 3.05. The van der Waals surface area contributed by atoms with Crippen molar-refractivity contribution in [2.24, 2.45) is 5.10 Å². The van der Waals surface area contributed by atoms with Gasteiger partial charge in [0.25, 0.3) is 0 Å². The Kier molecular flexibility index (Phi) is 2.68. The van der Waals surface area contributed by atoms with Gasteiger partial charge < -0.3 is 0 Å². The van der Waals surface area contributed by atoms with E-state index >= 15 is 0 Å². The number of alkyl halides is 8. The van der Waals surface area contributed by atoms with Gasteiger partial charge >= 0.3 is 18.4 Å². The Morgan fingerprint density at radius 1 is 1.00 bits per heavy atom. The number of rotatable bonds is 1. The minimum absolute atomic E-state index is 1.11. The molecule has 0 atom stereocenters. The summed E-state index contributed by atoms with van der Waals surface area (Å²) in [5.41, 5.74) is 1.42. The summed E-state index contributed by atoms with van der Waals surface area (Å²) >= 11 is 0. The predicted octanol–water partition coefficient (Wildman–Crippen LogP) is 1.88. The second-order valence-electron chi connectivity index (χ2n) is 2.72. The number of hydrazone groups is 1. The summed E-state index contributed by atoms with van der Waals surface area (Å²) < 4.78 is 96.6. The van der Waals surface area contributed by atoms with Crippen LogP contribution in [0.15, 0.2) is 5.10 Å². The highest BCUT2D eigenvalue weighted by atomic mass is 19.4. The molecule has 0 spiro atoms. The number of hydrogen-bond donors (Lipinski definition) is 1. The molecule has 0 aromatic heterocycles. The van der Waals surface area contributed by atoms with Crippen molar-refractivity contribution < 1.29 is 35.1 Å². The van der Waals surface area contributed by atoms with Crippen molar-refractivity contribution in [3.63, 3.8) is 0 Å². The lowest BCUT2D eigenvalue weighted by molar-refractivity contribution is -0.265. The van der Waals surface area contributed by atoms with E-state index in [1.807, 2.05) is 0 Å². The van der Waals surface area contributed by atoms with E-state index in [2.05, 4.69) is 5.10 Å². The second-order valence-corrected chi connectivity index (χ2v) is 2.72. The van der Waals surface area contributed by atoms with E-state index in [1.165, 1.54) is 5.43 Å². The molecule has 1 heterocycles. The third-order valence-corrected chi connectivity index (χ3v) is 1.61. The van der Waals surface area contributed by atoms with E-state index in [-0.39, 0.29) is 0 Å². The van der Waals surface area contributed by atoms with Crippen LogP contribution in [-0.4, -0.2) is 35.8 Å². The van der Waals surface area contributed by atoms with Crippen LogP contribution in [-0.2, 0) is 0 Å². The van der Waals surface area contributed by atoms with E-state index in [0.717, 1.165) is 0 Å². The molecular weight excluding hydrogens is 254 g/mol. The standard InChI is InChI=1S/C5H3F8N3/c6-3(7,4(8,9)10)2-15-14-1-16(2)5(11,12)13/h14H,1H2. The number of amidine groups is 1. The topological polar surface area (TPSA) is 27.6 Å². The molecule has 0 aromatic rings. The summed E-state index contributed by atoms with van der Waals surface area (Å²) in [6, 6.07) is 0. The summed E-state index contributed by atoms with van der Waals surface area (Å²) in [4.78, 5) is -1.11. The zero-order valence-electron chi connectivity index (χ0n) is 7.13. The third kappa shape index (κ3) is 1.97. The van der Waals surface area contributed by atoms with Crippen LogP contribution < -0.4 is 5.43 Å². The summed E-state index contributed by atoms with van der Waals surface area (Å²) in [5.74, 6) is -8.07. The van der Waals surface area contributed by atoms with Crippen molar-refractivity contribution in [1.82, 2.24) is 10.3 Å². The van der Waals surface area contributed by atoms with Gasteiger partial charge in [-0.2, -0.15) is 27.1 Å². The van der Waals surface area contributed by atoms with Gasteiger partial charge in [-0.1, -0.05) is 0 Å². The van der Waals surface area contributed by atoms with Gasteiger partial charge in [0.2, 0.25) is 5.84 Å². The first-order valence-electron chi connectivity index (χ1n) is 3.58. The quantitative estimate of drug-likeness (QED) is 0.573. The molecule has 94 valence electrons. The second kappa shape index (κ2) is 3.35. The molecule has 3 nitrogen and oxygen atoms in total. The first-order valence-corrected chi connectivity index (χ1v) is 3.58. The molecule has 0 fully saturated rings. The zero-order valence-corrected chi connectivity index (χ0v) is 7.13. The number of halogens is 8.